The van der Waals surface area contributed by atoms with E-state index < -0.39 is 0 Å². The van der Waals surface area contributed by atoms with Crippen molar-refractivity contribution in [2.45, 2.75) is 56.1 Å². The third-order valence-corrected chi connectivity index (χ3v) is 4.51. The Bertz CT molecular complexity index is 394. The summed E-state index contributed by atoms with van der Waals surface area (Å²) < 4.78 is 5.87. The zero-order valence-corrected chi connectivity index (χ0v) is 15.3. The fourth-order valence-electron chi connectivity index (χ4n) is 2.06. The van der Waals surface area contributed by atoms with Crippen LogP contribution in [0.4, 0.5) is 0 Å². The zero-order valence-electron chi connectivity index (χ0n) is 12.1. The first-order chi connectivity index (χ1) is 9.72. The molecule has 0 aromatic heterocycles. The van der Waals surface area contributed by atoms with Gasteiger partial charge >= 0.3 is 0 Å². The fraction of sp³-hybridized carbons (Fsp3) is 0.625. The number of phenols is 1. The SMILES string of the molecule is CCCCCCCCOc1cc(CBr)c(O)cc1CBr. The standard InChI is InChI=1S/C16H24Br2O2/c1-2-3-4-5-6-7-8-20-16-10-13(11-17)15(19)9-14(16)12-18/h9-10,19H,2-8,11-12H2,1H3. The maximum atomic E-state index is 9.83. The maximum absolute atomic E-state index is 9.83. The number of halogens is 2. The van der Waals surface area contributed by atoms with Crippen LogP contribution in [0, 0.1) is 0 Å². The predicted octanol–water partition coefficient (Wildman–Crippen LogP) is 5.92. The Balaban J connectivity index is 2.42. The highest BCUT2D eigenvalue weighted by atomic mass is 79.9. The van der Waals surface area contributed by atoms with Gasteiger partial charge in [-0.3, -0.25) is 0 Å². The first-order valence-electron chi connectivity index (χ1n) is 7.32. The second kappa shape index (κ2) is 10.5. The Labute approximate surface area is 139 Å². The number of alkyl halides is 2. The lowest BCUT2D eigenvalue weighted by atomic mass is 10.1. The molecule has 20 heavy (non-hydrogen) atoms. The van der Waals surface area contributed by atoms with Gasteiger partial charge in [0.2, 0.25) is 0 Å². The van der Waals surface area contributed by atoms with Gasteiger partial charge in [-0.2, -0.15) is 0 Å². The minimum atomic E-state index is 0.322. The number of hydrogen-bond donors (Lipinski definition) is 1. The quantitative estimate of drug-likeness (QED) is 0.385. The first kappa shape index (κ1) is 17.8. The van der Waals surface area contributed by atoms with E-state index in [0.29, 0.717) is 16.4 Å². The van der Waals surface area contributed by atoms with E-state index in [0.717, 1.165) is 29.9 Å². The predicted molar refractivity (Wildman–Crippen MR) is 92.2 cm³/mol. The molecule has 2 nitrogen and oxygen atoms in total. The number of benzene rings is 1. The van der Waals surface area contributed by atoms with E-state index in [1.165, 1.54) is 32.1 Å². The van der Waals surface area contributed by atoms with Gasteiger partial charge in [-0.1, -0.05) is 70.9 Å². The lowest BCUT2D eigenvalue weighted by Gasteiger charge is -2.12. The van der Waals surface area contributed by atoms with E-state index in [4.69, 9.17) is 4.74 Å². The molecule has 0 aliphatic heterocycles. The molecule has 1 rings (SSSR count). The smallest absolute Gasteiger partial charge is 0.123 e. The van der Waals surface area contributed by atoms with Crippen LogP contribution in [0.3, 0.4) is 0 Å². The van der Waals surface area contributed by atoms with Gasteiger partial charge in [0.05, 0.1) is 6.61 Å². The topological polar surface area (TPSA) is 29.5 Å². The van der Waals surface area contributed by atoms with Crippen molar-refractivity contribution in [3.05, 3.63) is 23.3 Å². The summed E-state index contributed by atoms with van der Waals surface area (Å²) in [7, 11) is 0. The van der Waals surface area contributed by atoms with Crippen LogP contribution in [0.2, 0.25) is 0 Å². The molecule has 0 amide bonds. The van der Waals surface area contributed by atoms with Crippen LogP contribution in [-0.4, -0.2) is 11.7 Å². The van der Waals surface area contributed by atoms with Crippen molar-refractivity contribution in [1.29, 1.82) is 0 Å². The third-order valence-electron chi connectivity index (χ3n) is 3.31. The first-order valence-corrected chi connectivity index (χ1v) is 9.56. The molecule has 0 saturated carbocycles. The van der Waals surface area contributed by atoms with Gasteiger partial charge < -0.3 is 9.84 Å². The van der Waals surface area contributed by atoms with Crippen molar-refractivity contribution in [1.82, 2.24) is 0 Å². The van der Waals surface area contributed by atoms with Gasteiger partial charge in [0.1, 0.15) is 11.5 Å². The summed E-state index contributed by atoms with van der Waals surface area (Å²) >= 11 is 6.82. The largest absolute Gasteiger partial charge is 0.508 e. The van der Waals surface area contributed by atoms with Gasteiger partial charge in [-0.25, -0.2) is 0 Å². The number of rotatable bonds is 10. The molecule has 0 spiro atoms. The van der Waals surface area contributed by atoms with Gasteiger partial charge in [-0.05, 0) is 18.6 Å². The lowest BCUT2D eigenvalue weighted by molar-refractivity contribution is 0.301. The Morgan fingerprint density at radius 2 is 1.60 bits per heavy atom. The average Bonchev–Trinajstić information content (AvgIpc) is 2.47. The van der Waals surface area contributed by atoms with Crippen molar-refractivity contribution in [3.8, 4) is 11.5 Å². The summed E-state index contributed by atoms with van der Waals surface area (Å²) in [5, 5.41) is 11.2. The molecule has 1 aromatic rings. The van der Waals surface area contributed by atoms with Gasteiger partial charge in [0.15, 0.2) is 0 Å². The van der Waals surface area contributed by atoms with E-state index in [1.807, 2.05) is 6.07 Å². The van der Waals surface area contributed by atoms with Gasteiger partial charge in [0.25, 0.3) is 0 Å². The van der Waals surface area contributed by atoms with E-state index in [-0.39, 0.29) is 0 Å². The maximum Gasteiger partial charge on any atom is 0.123 e. The number of phenolic OH excluding ortho intramolecular Hbond substituents is 1. The van der Waals surface area contributed by atoms with Crippen LogP contribution in [0.25, 0.3) is 0 Å². The molecular formula is C16H24Br2O2. The Kier molecular flexibility index (Phi) is 9.36. The Morgan fingerprint density at radius 3 is 2.25 bits per heavy atom. The van der Waals surface area contributed by atoms with Crippen LogP contribution >= 0.6 is 31.9 Å². The third kappa shape index (κ3) is 6.04. The van der Waals surface area contributed by atoms with Crippen molar-refractivity contribution >= 4 is 31.9 Å². The zero-order chi connectivity index (χ0) is 14.8. The van der Waals surface area contributed by atoms with Crippen molar-refractivity contribution in [2.75, 3.05) is 6.61 Å². The summed E-state index contributed by atoms with van der Waals surface area (Å²) in [4.78, 5) is 0. The van der Waals surface area contributed by atoms with Crippen LogP contribution in [0.5, 0.6) is 11.5 Å². The summed E-state index contributed by atoms with van der Waals surface area (Å²) in [6, 6.07) is 3.71. The number of hydrogen-bond acceptors (Lipinski definition) is 2. The Hall–Kier alpha value is -0.220. The van der Waals surface area contributed by atoms with Gasteiger partial charge in [-0.15, -0.1) is 0 Å². The molecule has 0 fully saturated rings. The highest BCUT2D eigenvalue weighted by Crippen LogP contribution is 2.31. The molecule has 0 aliphatic rings. The van der Waals surface area contributed by atoms with Crippen molar-refractivity contribution in [2.24, 2.45) is 0 Å². The van der Waals surface area contributed by atoms with E-state index in [2.05, 4.69) is 38.8 Å². The number of aromatic hydroxyl groups is 1. The monoisotopic (exact) mass is 406 g/mol. The van der Waals surface area contributed by atoms with Gasteiger partial charge in [0, 0.05) is 21.8 Å². The molecule has 0 bridgehead atoms. The van der Waals surface area contributed by atoms with Crippen molar-refractivity contribution in [3.63, 3.8) is 0 Å². The molecule has 1 N–H and O–H groups in total. The molecule has 4 heteroatoms. The van der Waals surface area contributed by atoms with Crippen molar-refractivity contribution < 1.29 is 9.84 Å². The normalized spacial score (nSPS) is 10.8. The summed E-state index contributed by atoms with van der Waals surface area (Å²) in [5.41, 5.74) is 1.87. The lowest BCUT2D eigenvalue weighted by Crippen LogP contribution is -2.00. The fourth-order valence-corrected chi connectivity index (χ4v) is 2.95. The minimum absolute atomic E-state index is 0.322. The summed E-state index contributed by atoms with van der Waals surface area (Å²) in [6.07, 6.45) is 7.57. The second-order valence-corrected chi connectivity index (χ2v) is 6.09. The van der Waals surface area contributed by atoms with E-state index >= 15 is 0 Å². The van der Waals surface area contributed by atoms with Crippen LogP contribution in [0.1, 0.15) is 56.6 Å². The van der Waals surface area contributed by atoms with Crippen LogP contribution in [-0.2, 0) is 10.7 Å². The van der Waals surface area contributed by atoms with E-state index in [1.54, 1.807) is 6.07 Å². The highest BCUT2D eigenvalue weighted by Gasteiger charge is 2.09. The Morgan fingerprint density at radius 1 is 0.950 bits per heavy atom. The molecule has 0 heterocycles. The van der Waals surface area contributed by atoms with Crippen LogP contribution in [0.15, 0.2) is 12.1 Å². The highest BCUT2D eigenvalue weighted by molar-refractivity contribution is 9.08. The van der Waals surface area contributed by atoms with Crippen LogP contribution < -0.4 is 4.74 Å². The number of ether oxygens (including phenoxy) is 1. The molecule has 0 atom stereocenters. The molecule has 0 aliphatic carbocycles. The minimum Gasteiger partial charge on any atom is -0.508 e. The summed E-state index contributed by atoms with van der Waals surface area (Å²) in [5.74, 6) is 1.20. The average molecular weight is 408 g/mol. The summed E-state index contributed by atoms with van der Waals surface area (Å²) in [6.45, 7) is 2.98. The second-order valence-electron chi connectivity index (χ2n) is 4.97. The molecule has 1 aromatic carbocycles. The van der Waals surface area contributed by atoms with E-state index in [9.17, 15) is 5.11 Å². The molecule has 114 valence electrons. The molecule has 0 saturated heterocycles. The number of unbranched alkanes of at least 4 members (excludes halogenated alkanes) is 5. The molecular weight excluding hydrogens is 384 g/mol. The molecule has 0 unspecified atom stereocenters. The molecule has 0 radical (unpaired) electrons.